The maximum atomic E-state index is 12.1. The van der Waals surface area contributed by atoms with E-state index in [-0.39, 0.29) is 11.8 Å². The van der Waals surface area contributed by atoms with Crippen molar-refractivity contribution in [1.29, 1.82) is 0 Å². The van der Waals surface area contributed by atoms with E-state index in [1.807, 2.05) is 12.1 Å². The highest BCUT2D eigenvalue weighted by Crippen LogP contribution is 2.30. The van der Waals surface area contributed by atoms with Crippen molar-refractivity contribution in [2.24, 2.45) is 0 Å². The molecule has 4 nitrogen and oxygen atoms in total. The molecule has 6 heteroatoms. The minimum atomic E-state index is -0.243. The zero-order valence-electron chi connectivity index (χ0n) is 13.6. The Balaban J connectivity index is 1.68. The van der Waals surface area contributed by atoms with Crippen LogP contribution in [0.15, 0.2) is 42.5 Å². The Morgan fingerprint density at radius 1 is 1.12 bits per heavy atom. The highest BCUT2D eigenvalue weighted by Gasteiger charge is 2.22. The van der Waals surface area contributed by atoms with Gasteiger partial charge in [-0.05, 0) is 54.0 Å². The van der Waals surface area contributed by atoms with Crippen LogP contribution in [-0.4, -0.2) is 18.4 Å². The summed E-state index contributed by atoms with van der Waals surface area (Å²) in [6, 6.07) is 10.7. The Morgan fingerprint density at radius 2 is 1.92 bits per heavy atom. The first kappa shape index (κ1) is 17.5. The molecule has 0 bridgehead atoms. The van der Waals surface area contributed by atoms with Crippen LogP contribution in [0, 0.1) is 0 Å². The van der Waals surface area contributed by atoms with Crippen LogP contribution in [0.1, 0.15) is 18.1 Å². The van der Waals surface area contributed by atoms with E-state index in [4.69, 9.17) is 23.2 Å². The third-order valence-electron chi connectivity index (χ3n) is 3.99. The van der Waals surface area contributed by atoms with Gasteiger partial charge in [0, 0.05) is 30.9 Å². The predicted molar refractivity (Wildman–Crippen MR) is 102 cm³/mol. The average Bonchev–Trinajstić information content (AvgIpc) is 2.99. The Bertz CT molecular complexity index is 878. The van der Waals surface area contributed by atoms with E-state index in [0.29, 0.717) is 22.3 Å². The molecule has 0 aliphatic carbocycles. The molecule has 0 saturated carbocycles. The third kappa shape index (κ3) is 4.03. The standard InChI is InChI=1S/C19H16Cl2N2O2/c1-12(24)23-9-8-14-11-15(4-6-18(14)23)22-19(25)7-3-13-2-5-16(20)17(21)10-13/h2-7,10-11H,8-9H2,1H3,(H,22,25)/b7-3+. The van der Waals surface area contributed by atoms with Gasteiger partial charge in [-0.2, -0.15) is 0 Å². The first-order valence-corrected chi connectivity index (χ1v) is 8.55. The molecule has 0 spiro atoms. The number of nitrogens with one attached hydrogen (secondary N) is 1. The second-order valence-electron chi connectivity index (χ2n) is 5.76. The van der Waals surface area contributed by atoms with Crippen molar-refractivity contribution in [2.75, 3.05) is 16.8 Å². The summed E-state index contributed by atoms with van der Waals surface area (Å²) in [5, 5.41) is 3.74. The number of hydrogen-bond donors (Lipinski definition) is 1. The van der Waals surface area contributed by atoms with E-state index in [2.05, 4.69) is 5.32 Å². The third-order valence-corrected chi connectivity index (χ3v) is 4.73. The van der Waals surface area contributed by atoms with Gasteiger partial charge in [-0.15, -0.1) is 0 Å². The number of carbonyl (C=O) groups excluding carboxylic acids is 2. The molecule has 3 rings (SSSR count). The molecular weight excluding hydrogens is 359 g/mol. The molecule has 2 aromatic rings. The molecule has 1 heterocycles. The van der Waals surface area contributed by atoms with Crippen molar-refractivity contribution >= 4 is 52.5 Å². The van der Waals surface area contributed by atoms with Crippen molar-refractivity contribution in [3.63, 3.8) is 0 Å². The Hall–Kier alpha value is -2.30. The van der Waals surface area contributed by atoms with Crippen LogP contribution in [0.4, 0.5) is 11.4 Å². The minimum Gasteiger partial charge on any atom is -0.323 e. The summed E-state index contributed by atoms with van der Waals surface area (Å²) < 4.78 is 0. The van der Waals surface area contributed by atoms with E-state index < -0.39 is 0 Å². The smallest absolute Gasteiger partial charge is 0.248 e. The molecule has 0 fully saturated rings. The van der Waals surface area contributed by atoms with Crippen molar-refractivity contribution in [3.05, 3.63) is 63.6 Å². The quantitative estimate of drug-likeness (QED) is 0.800. The van der Waals surface area contributed by atoms with Crippen LogP contribution >= 0.6 is 23.2 Å². The minimum absolute atomic E-state index is 0.0279. The van der Waals surface area contributed by atoms with E-state index in [0.717, 1.165) is 23.2 Å². The molecule has 128 valence electrons. The topological polar surface area (TPSA) is 49.4 Å². The number of nitrogens with zero attached hydrogens (tertiary/aromatic N) is 1. The van der Waals surface area contributed by atoms with Gasteiger partial charge >= 0.3 is 0 Å². The molecule has 0 saturated heterocycles. The van der Waals surface area contributed by atoms with Gasteiger partial charge in [-0.1, -0.05) is 29.3 Å². The summed E-state index contributed by atoms with van der Waals surface area (Å²) in [6.45, 7) is 2.23. The first-order valence-electron chi connectivity index (χ1n) is 7.79. The molecule has 1 N–H and O–H groups in total. The highest BCUT2D eigenvalue weighted by molar-refractivity contribution is 6.42. The van der Waals surface area contributed by atoms with Crippen LogP contribution in [0.2, 0.25) is 10.0 Å². The fourth-order valence-corrected chi connectivity index (χ4v) is 3.09. The van der Waals surface area contributed by atoms with Gasteiger partial charge in [0.15, 0.2) is 0 Å². The summed E-state index contributed by atoms with van der Waals surface area (Å²) in [5.74, 6) is -0.215. The number of amides is 2. The zero-order valence-corrected chi connectivity index (χ0v) is 15.1. The number of rotatable bonds is 3. The molecule has 0 atom stereocenters. The number of benzene rings is 2. The summed E-state index contributed by atoms with van der Waals surface area (Å²) in [4.78, 5) is 25.4. The lowest BCUT2D eigenvalue weighted by Gasteiger charge is -2.14. The van der Waals surface area contributed by atoms with Crippen molar-refractivity contribution in [1.82, 2.24) is 0 Å². The molecule has 0 radical (unpaired) electrons. The molecule has 1 aliphatic heterocycles. The van der Waals surface area contributed by atoms with Gasteiger partial charge in [0.2, 0.25) is 11.8 Å². The SMILES string of the molecule is CC(=O)N1CCc2cc(NC(=O)/C=C/c3ccc(Cl)c(Cl)c3)ccc21. The monoisotopic (exact) mass is 374 g/mol. The van der Waals surface area contributed by atoms with Crippen LogP contribution in [-0.2, 0) is 16.0 Å². The maximum Gasteiger partial charge on any atom is 0.248 e. The first-order chi connectivity index (χ1) is 11.9. The lowest BCUT2D eigenvalue weighted by atomic mass is 10.1. The van der Waals surface area contributed by atoms with Gasteiger partial charge in [0.25, 0.3) is 0 Å². The van der Waals surface area contributed by atoms with Gasteiger partial charge in [0.05, 0.1) is 10.0 Å². The Kier molecular flexibility index (Phi) is 5.11. The summed E-state index contributed by atoms with van der Waals surface area (Å²) in [6.07, 6.45) is 3.90. The second-order valence-corrected chi connectivity index (χ2v) is 6.57. The summed E-state index contributed by atoms with van der Waals surface area (Å²) in [7, 11) is 0. The van der Waals surface area contributed by atoms with E-state index in [1.54, 1.807) is 42.2 Å². The maximum absolute atomic E-state index is 12.1. The zero-order chi connectivity index (χ0) is 18.0. The number of hydrogen-bond acceptors (Lipinski definition) is 2. The van der Waals surface area contributed by atoms with Crippen LogP contribution in [0.25, 0.3) is 6.08 Å². The van der Waals surface area contributed by atoms with Crippen molar-refractivity contribution in [2.45, 2.75) is 13.3 Å². The molecule has 2 amide bonds. The molecule has 0 unspecified atom stereocenters. The second kappa shape index (κ2) is 7.30. The Labute approximate surface area is 156 Å². The Morgan fingerprint density at radius 3 is 2.64 bits per heavy atom. The van der Waals surface area contributed by atoms with Gasteiger partial charge in [0.1, 0.15) is 0 Å². The van der Waals surface area contributed by atoms with Gasteiger partial charge in [-0.25, -0.2) is 0 Å². The largest absolute Gasteiger partial charge is 0.323 e. The van der Waals surface area contributed by atoms with E-state index in [1.165, 1.54) is 6.08 Å². The molecule has 2 aromatic carbocycles. The van der Waals surface area contributed by atoms with Gasteiger partial charge in [-0.3, -0.25) is 9.59 Å². The van der Waals surface area contributed by atoms with E-state index >= 15 is 0 Å². The summed E-state index contributed by atoms with van der Waals surface area (Å²) >= 11 is 11.8. The van der Waals surface area contributed by atoms with Crippen LogP contribution in [0.5, 0.6) is 0 Å². The molecular formula is C19H16Cl2N2O2. The van der Waals surface area contributed by atoms with E-state index in [9.17, 15) is 9.59 Å². The van der Waals surface area contributed by atoms with Gasteiger partial charge < -0.3 is 10.2 Å². The molecule has 25 heavy (non-hydrogen) atoms. The van der Waals surface area contributed by atoms with Crippen LogP contribution < -0.4 is 10.2 Å². The predicted octanol–water partition coefficient (Wildman–Crippen LogP) is 4.55. The molecule has 1 aliphatic rings. The van der Waals surface area contributed by atoms with Crippen molar-refractivity contribution in [3.8, 4) is 0 Å². The average molecular weight is 375 g/mol. The highest BCUT2D eigenvalue weighted by atomic mass is 35.5. The fourth-order valence-electron chi connectivity index (χ4n) is 2.78. The summed E-state index contributed by atoms with van der Waals surface area (Å²) in [5.41, 5.74) is 3.46. The molecule has 0 aromatic heterocycles. The number of carbonyl (C=O) groups is 2. The lowest BCUT2D eigenvalue weighted by Crippen LogP contribution is -2.25. The normalized spacial score (nSPS) is 13.2. The van der Waals surface area contributed by atoms with Crippen molar-refractivity contribution < 1.29 is 9.59 Å². The number of halogens is 2. The number of fused-ring (bicyclic) bond motifs is 1. The number of anilines is 2. The lowest BCUT2D eigenvalue weighted by molar-refractivity contribution is -0.116. The fraction of sp³-hybridized carbons (Fsp3) is 0.158. The van der Waals surface area contributed by atoms with Crippen LogP contribution in [0.3, 0.4) is 0 Å².